The summed E-state index contributed by atoms with van der Waals surface area (Å²) in [4.78, 5) is 21.2. The van der Waals surface area contributed by atoms with Gasteiger partial charge in [0.1, 0.15) is 13.3 Å². The zero-order chi connectivity index (χ0) is 26.8. The van der Waals surface area contributed by atoms with E-state index in [1.165, 1.54) is 12.3 Å². The van der Waals surface area contributed by atoms with Crippen LogP contribution in [0, 0.1) is 12.3 Å². The maximum Gasteiger partial charge on any atom is 0.317 e. The van der Waals surface area contributed by atoms with Crippen molar-refractivity contribution in [3.63, 3.8) is 0 Å². The number of nitrogens with zero attached hydrogens (tertiary/aromatic N) is 4. The minimum absolute atomic E-state index is 0.176. The molecule has 3 aromatic rings. The Bertz CT molecular complexity index is 1280. The zero-order valence-corrected chi connectivity index (χ0v) is 23.8. The first kappa shape index (κ1) is 26.8. The fourth-order valence-corrected chi connectivity index (χ4v) is 6.74. The predicted molar refractivity (Wildman–Crippen MR) is 144 cm³/mol. The quantitative estimate of drug-likeness (QED) is 0.335. The van der Waals surface area contributed by atoms with Gasteiger partial charge in [0.15, 0.2) is 5.82 Å². The number of hydrogen-bond acceptors (Lipinski definition) is 8. The summed E-state index contributed by atoms with van der Waals surface area (Å²) in [7, 11) is -0.514. The van der Waals surface area contributed by atoms with Crippen molar-refractivity contribution in [1.29, 1.82) is 0 Å². The molecule has 0 atom stereocenters. The van der Waals surface area contributed by atoms with Gasteiger partial charge in [-0.15, -0.1) is 5.10 Å². The van der Waals surface area contributed by atoms with Gasteiger partial charge in [0, 0.05) is 30.0 Å². The molecule has 0 saturated heterocycles. The van der Waals surface area contributed by atoms with Crippen molar-refractivity contribution in [3.05, 3.63) is 36.0 Å². The van der Waals surface area contributed by atoms with E-state index in [0.29, 0.717) is 37.7 Å². The van der Waals surface area contributed by atoms with Gasteiger partial charge in [-0.3, -0.25) is 4.79 Å². The molecule has 9 nitrogen and oxygen atoms in total. The Labute approximate surface area is 219 Å². The zero-order valence-electron chi connectivity index (χ0n) is 22.8. The Morgan fingerprint density at radius 2 is 1.97 bits per heavy atom. The van der Waals surface area contributed by atoms with Crippen molar-refractivity contribution >= 4 is 19.2 Å². The third kappa shape index (κ3) is 5.70. The van der Waals surface area contributed by atoms with Crippen LogP contribution in [0.3, 0.4) is 0 Å². The van der Waals surface area contributed by atoms with Crippen LogP contribution in [0.2, 0.25) is 19.1 Å². The second-order valence-corrected chi connectivity index (χ2v) is 15.4. The molecule has 0 radical (unpaired) electrons. The number of pyridine rings is 1. The molecule has 0 spiro atoms. The number of ether oxygens (including phenoxy) is 4. The number of fused-ring (bicyclic) bond motifs is 4. The molecule has 198 valence electrons. The summed E-state index contributed by atoms with van der Waals surface area (Å²) < 4.78 is 24.0. The Kier molecular flexibility index (Phi) is 7.70. The SMILES string of the molecule is CCOc1nc2nn1COCC[Si](C)(C)c1cc(-c3cnc(OCC(C)(C)C(=O)OC)cc3C)ccc1-2. The third-order valence-corrected chi connectivity index (χ3v) is 10.0. The number of carbonyl (C=O) groups excluding carboxylic acids is 1. The van der Waals surface area contributed by atoms with Crippen molar-refractivity contribution < 1.29 is 23.7 Å². The van der Waals surface area contributed by atoms with E-state index in [4.69, 9.17) is 29.0 Å². The molecule has 2 bridgehead atoms. The van der Waals surface area contributed by atoms with Crippen LogP contribution >= 0.6 is 0 Å². The fraction of sp³-hybridized carbons (Fsp3) is 0.481. The number of aromatic nitrogens is 4. The van der Waals surface area contributed by atoms with E-state index in [-0.39, 0.29) is 12.6 Å². The monoisotopic (exact) mass is 524 g/mol. The maximum absolute atomic E-state index is 12.0. The van der Waals surface area contributed by atoms with Gasteiger partial charge in [0.2, 0.25) is 5.88 Å². The summed E-state index contributed by atoms with van der Waals surface area (Å²) in [6.45, 7) is 13.9. The number of methoxy groups -OCH3 is 1. The number of esters is 1. The Morgan fingerprint density at radius 3 is 2.68 bits per heavy atom. The van der Waals surface area contributed by atoms with E-state index in [1.54, 1.807) is 18.5 Å². The normalized spacial score (nSPS) is 15.0. The van der Waals surface area contributed by atoms with Crippen LogP contribution in [-0.4, -0.2) is 60.7 Å². The minimum atomic E-state index is -1.89. The van der Waals surface area contributed by atoms with Gasteiger partial charge < -0.3 is 18.9 Å². The first-order chi connectivity index (χ1) is 17.6. The summed E-state index contributed by atoms with van der Waals surface area (Å²) in [5.41, 5.74) is 3.41. The molecule has 1 aliphatic rings. The van der Waals surface area contributed by atoms with Gasteiger partial charge >= 0.3 is 12.0 Å². The van der Waals surface area contributed by atoms with E-state index in [1.807, 2.05) is 26.1 Å². The van der Waals surface area contributed by atoms with Crippen molar-refractivity contribution in [3.8, 4) is 34.4 Å². The second-order valence-electron chi connectivity index (χ2n) is 10.6. The van der Waals surface area contributed by atoms with Gasteiger partial charge in [0.05, 0.1) is 27.2 Å². The number of hydrogen-bond donors (Lipinski definition) is 0. The Hall–Kier alpha value is -3.24. The molecule has 1 aromatic carbocycles. The van der Waals surface area contributed by atoms with Gasteiger partial charge in [0.25, 0.3) is 0 Å². The van der Waals surface area contributed by atoms with E-state index < -0.39 is 13.5 Å². The molecule has 4 rings (SSSR count). The molecule has 0 aliphatic carbocycles. The molecule has 37 heavy (non-hydrogen) atoms. The van der Waals surface area contributed by atoms with Crippen LogP contribution in [0.5, 0.6) is 11.9 Å². The highest BCUT2D eigenvalue weighted by Gasteiger charge is 2.31. The van der Waals surface area contributed by atoms with Crippen LogP contribution in [0.1, 0.15) is 26.3 Å². The topological polar surface area (TPSA) is 97.6 Å². The van der Waals surface area contributed by atoms with Crippen LogP contribution in [0.25, 0.3) is 22.5 Å². The number of carbonyl (C=O) groups is 1. The summed E-state index contributed by atoms with van der Waals surface area (Å²) >= 11 is 0. The first-order valence-corrected chi connectivity index (χ1v) is 15.7. The highest BCUT2D eigenvalue weighted by molar-refractivity contribution is 6.90. The largest absolute Gasteiger partial charge is 0.476 e. The van der Waals surface area contributed by atoms with E-state index in [9.17, 15) is 4.79 Å². The average molecular weight is 525 g/mol. The molecule has 0 saturated carbocycles. The van der Waals surface area contributed by atoms with Crippen molar-refractivity contribution in [2.75, 3.05) is 26.9 Å². The molecule has 0 fully saturated rings. The fourth-order valence-electron chi connectivity index (χ4n) is 4.34. The highest BCUT2D eigenvalue weighted by atomic mass is 28.3. The van der Waals surface area contributed by atoms with Crippen LogP contribution in [-0.2, 0) is 21.0 Å². The van der Waals surface area contributed by atoms with E-state index >= 15 is 0 Å². The first-order valence-electron chi connectivity index (χ1n) is 12.5. The third-order valence-electron chi connectivity index (χ3n) is 6.70. The maximum atomic E-state index is 12.0. The average Bonchev–Trinajstić information content (AvgIpc) is 3.26. The van der Waals surface area contributed by atoms with Gasteiger partial charge in [-0.25, -0.2) is 4.98 Å². The van der Waals surface area contributed by atoms with Crippen LogP contribution in [0.4, 0.5) is 0 Å². The summed E-state index contributed by atoms with van der Waals surface area (Å²) in [6.07, 6.45) is 1.83. The Morgan fingerprint density at radius 1 is 1.19 bits per heavy atom. The van der Waals surface area contributed by atoms with Gasteiger partial charge in [-0.1, -0.05) is 31.3 Å². The number of rotatable bonds is 7. The predicted octanol–water partition coefficient (Wildman–Crippen LogP) is 4.20. The smallest absolute Gasteiger partial charge is 0.317 e. The lowest BCUT2D eigenvalue weighted by atomic mass is 9.95. The highest BCUT2D eigenvalue weighted by Crippen LogP contribution is 2.30. The molecular weight excluding hydrogens is 488 g/mol. The van der Waals surface area contributed by atoms with Crippen molar-refractivity contribution in [1.82, 2.24) is 19.7 Å². The number of benzene rings is 1. The van der Waals surface area contributed by atoms with Gasteiger partial charge in [-0.05, 0) is 50.1 Å². The molecule has 2 aromatic heterocycles. The van der Waals surface area contributed by atoms with Crippen molar-refractivity contribution in [2.45, 2.75) is 53.6 Å². The van der Waals surface area contributed by atoms with Crippen molar-refractivity contribution in [2.24, 2.45) is 5.41 Å². The molecule has 0 amide bonds. The van der Waals surface area contributed by atoms with Crippen LogP contribution in [0.15, 0.2) is 30.5 Å². The molecule has 10 heteroatoms. The minimum Gasteiger partial charge on any atom is -0.476 e. The lowest BCUT2D eigenvalue weighted by molar-refractivity contribution is -0.152. The molecule has 0 N–H and O–H groups in total. The Balaban J connectivity index is 1.69. The standard InChI is InChI=1S/C27H36N4O5Si/c1-8-35-26-29-24-20-10-9-19(14-22(20)37(6,7)12-11-34-17-31(26)30-24)21-15-28-23(13-18(21)2)36-16-27(3,4)25(32)33-5/h9-10,13-15H,8,11-12,16-17H2,1-7H3. The van der Waals surface area contributed by atoms with Crippen LogP contribution < -0.4 is 14.7 Å². The summed E-state index contributed by atoms with van der Waals surface area (Å²) in [5, 5.41) is 5.98. The molecule has 0 unspecified atom stereocenters. The summed E-state index contributed by atoms with van der Waals surface area (Å²) in [6, 6.07) is 9.82. The van der Waals surface area contributed by atoms with Gasteiger partial charge in [-0.2, -0.15) is 9.67 Å². The molecule has 3 heterocycles. The lowest BCUT2D eigenvalue weighted by Gasteiger charge is -2.26. The van der Waals surface area contributed by atoms with E-state index in [2.05, 4.69) is 36.3 Å². The molecular formula is C27H36N4O5Si. The van der Waals surface area contributed by atoms with E-state index in [0.717, 1.165) is 28.3 Å². The molecule has 1 aliphatic heterocycles. The summed E-state index contributed by atoms with van der Waals surface area (Å²) in [5.74, 6) is 0.808. The lowest BCUT2D eigenvalue weighted by Crippen LogP contribution is -2.43. The second kappa shape index (κ2) is 10.6. The number of aryl methyl sites for hydroxylation is 1.